The normalized spacial score (nSPS) is 10.8. The summed E-state index contributed by atoms with van der Waals surface area (Å²) >= 11 is 0. The van der Waals surface area contributed by atoms with Crippen LogP contribution in [0.15, 0.2) is 0 Å². The molecule has 0 unspecified atom stereocenters. The van der Waals surface area contributed by atoms with E-state index in [1.807, 2.05) is 0 Å². The number of unbranched alkanes of at least 4 members (excludes halogenated alkanes) is 4. The number of ketones is 1. The summed E-state index contributed by atoms with van der Waals surface area (Å²) in [6.45, 7) is 6.52. The first-order valence-electron chi connectivity index (χ1n) is 25.3. The van der Waals surface area contributed by atoms with E-state index in [2.05, 4.69) is 26.6 Å². The number of ether oxygens (including phenoxy) is 8. The summed E-state index contributed by atoms with van der Waals surface area (Å²) in [7, 11) is 7.96. The van der Waals surface area contributed by atoms with E-state index in [9.17, 15) is 38.4 Å². The van der Waals surface area contributed by atoms with Crippen LogP contribution in [-0.2, 0) is 76.3 Å². The lowest BCUT2D eigenvalue weighted by molar-refractivity contribution is -0.128. The van der Waals surface area contributed by atoms with Crippen molar-refractivity contribution in [3.8, 4) is 0 Å². The molecule has 0 aromatic carbocycles. The monoisotopic (exact) mass is 1080 g/mol. The summed E-state index contributed by atoms with van der Waals surface area (Å²) in [5, 5.41) is 12.9. The van der Waals surface area contributed by atoms with Gasteiger partial charge in [0.25, 0.3) is 0 Å². The van der Waals surface area contributed by atoms with Crippen molar-refractivity contribution >= 4 is 47.1 Å². The molecule has 0 saturated heterocycles. The Hall–Kier alpha value is -4.36. The molecule has 0 aliphatic rings. The zero-order chi connectivity index (χ0) is 54.1. The molecule has 0 bridgehead atoms. The number of amides is 7. The number of hydrogen-bond donors (Lipinski definition) is 7. The molecule has 0 radical (unpaired) electrons. The van der Waals surface area contributed by atoms with E-state index in [1.165, 1.54) is 0 Å². The number of hydrogen-bond acceptors (Lipinski definition) is 16. The van der Waals surface area contributed by atoms with Gasteiger partial charge >= 0.3 is 0 Å². The molecule has 0 aromatic rings. The molecule has 7 amide bonds. The van der Waals surface area contributed by atoms with Crippen molar-refractivity contribution in [1.29, 1.82) is 0 Å². The van der Waals surface area contributed by atoms with Gasteiger partial charge < -0.3 is 75.9 Å². The lowest BCUT2D eigenvalue weighted by Gasteiger charge is -2.33. The number of nitrogens with two attached hydrogens (primary N) is 2. The van der Waals surface area contributed by atoms with Crippen molar-refractivity contribution in [3.05, 3.63) is 0 Å². The molecule has 0 aliphatic heterocycles. The number of rotatable bonds is 49. The molecule has 0 heterocycles. The molecule has 0 rings (SSSR count). The fourth-order valence-electron chi connectivity index (χ4n) is 6.27. The summed E-state index contributed by atoms with van der Waals surface area (Å²) in [4.78, 5) is 90.8. The van der Waals surface area contributed by atoms with Gasteiger partial charge in [0.05, 0.1) is 90.1 Å². The maximum atomic E-state index is 11.5. The SMILES string of the molecule is C.C.C.CCC(=O)CCOCC(COCCC(N)=O)(COCCC(=O)NC)COCCC(=O)NC.CNC(=O)CCCCOCC(COCCCCC(N)=O)(COCCCCC(=O)NC)COCCCCC(=O)NC. The second-order valence-electron chi connectivity index (χ2n) is 17.4. The van der Waals surface area contributed by atoms with Crippen LogP contribution in [0.25, 0.3) is 0 Å². The molecule has 9 N–H and O–H groups in total. The molecule has 0 spiro atoms. The molecule has 0 fully saturated rings. The number of carbonyl (C=O) groups excluding carboxylic acids is 8. The van der Waals surface area contributed by atoms with Crippen molar-refractivity contribution in [2.75, 3.05) is 141 Å². The largest absolute Gasteiger partial charge is 0.381 e. The standard InChI is InChI=1S/C28H54N4O8.C21H39N3O8.3CH4/c1-30-25(34)13-5-9-17-38-21-28(20-37-16-8-4-12-24(29)33,22-39-18-10-6-14-26(35)31-2)23-40-19-11-7-15-27(36)32-3;1-4-17(25)5-9-29-13-21(14-30-10-6-18(22)26,15-31-11-7-19(27)23-2)16-32-12-8-20(28)24-3;;;/h4-23H2,1-3H3,(H2,29,33)(H,30,34)(H,31,35)(H,32,36);4-16H2,1-3H3,(H2,22,26)(H,23,27)(H,24,28);3*1H4. The molecule has 0 saturated carbocycles. The molecule has 23 heteroatoms. The molecule has 444 valence electrons. The Morgan fingerprint density at radius 2 is 0.547 bits per heavy atom. The third kappa shape index (κ3) is 50.2. The van der Waals surface area contributed by atoms with Gasteiger partial charge in [0, 0.05) is 119 Å². The Morgan fingerprint density at radius 1 is 0.320 bits per heavy atom. The number of nitrogens with one attached hydrogen (secondary N) is 5. The van der Waals surface area contributed by atoms with Crippen molar-refractivity contribution in [1.82, 2.24) is 26.6 Å². The van der Waals surface area contributed by atoms with Gasteiger partial charge in [0.15, 0.2) is 0 Å². The Labute approximate surface area is 450 Å². The molecule has 75 heavy (non-hydrogen) atoms. The van der Waals surface area contributed by atoms with Crippen molar-refractivity contribution < 1.29 is 76.3 Å². The van der Waals surface area contributed by atoms with Crippen molar-refractivity contribution in [2.24, 2.45) is 22.3 Å². The highest BCUT2D eigenvalue weighted by molar-refractivity contribution is 5.78. The average molecular weight is 1080 g/mol. The lowest BCUT2D eigenvalue weighted by Crippen LogP contribution is -2.42. The minimum Gasteiger partial charge on any atom is -0.381 e. The van der Waals surface area contributed by atoms with Gasteiger partial charge in [-0.3, -0.25) is 38.4 Å². The summed E-state index contributed by atoms with van der Waals surface area (Å²) in [5.74, 6) is -0.982. The third-order valence-electron chi connectivity index (χ3n) is 10.8. The number of carbonyl (C=O) groups is 8. The van der Waals surface area contributed by atoms with Crippen LogP contribution >= 0.6 is 0 Å². The Kier molecular flexibility index (Phi) is 57.7. The van der Waals surface area contributed by atoms with Crippen LogP contribution in [0.2, 0.25) is 0 Å². The van der Waals surface area contributed by atoms with Gasteiger partial charge in [-0.1, -0.05) is 29.2 Å². The van der Waals surface area contributed by atoms with Gasteiger partial charge in [-0.2, -0.15) is 0 Å². The van der Waals surface area contributed by atoms with E-state index < -0.39 is 16.7 Å². The third-order valence-corrected chi connectivity index (χ3v) is 10.8. The van der Waals surface area contributed by atoms with Crippen LogP contribution in [0.5, 0.6) is 0 Å². The first kappa shape index (κ1) is 79.5. The quantitative estimate of drug-likeness (QED) is 0.0431. The van der Waals surface area contributed by atoms with E-state index in [0.717, 1.165) is 38.5 Å². The Morgan fingerprint density at radius 3 is 0.800 bits per heavy atom. The topological polar surface area (TPSA) is 323 Å². The smallest absolute Gasteiger partial charge is 0.222 e. The molecule has 23 nitrogen and oxygen atoms in total. The Bertz CT molecular complexity index is 1350. The fourth-order valence-corrected chi connectivity index (χ4v) is 6.27. The van der Waals surface area contributed by atoms with E-state index in [4.69, 9.17) is 49.4 Å². The second-order valence-corrected chi connectivity index (χ2v) is 17.4. The van der Waals surface area contributed by atoms with Crippen LogP contribution in [0.3, 0.4) is 0 Å². The minimum atomic E-state index is -0.766. The molecule has 0 aromatic heterocycles. The summed E-state index contributed by atoms with van der Waals surface area (Å²) in [6.07, 6.45) is 8.68. The van der Waals surface area contributed by atoms with E-state index in [-0.39, 0.29) is 136 Å². The van der Waals surface area contributed by atoms with Crippen LogP contribution in [0, 0.1) is 10.8 Å². The summed E-state index contributed by atoms with van der Waals surface area (Å²) in [6, 6.07) is 0. The minimum absolute atomic E-state index is 0. The van der Waals surface area contributed by atoms with Gasteiger partial charge in [-0.15, -0.1) is 0 Å². The van der Waals surface area contributed by atoms with Gasteiger partial charge in [-0.25, -0.2) is 0 Å². The van der Waals surface area contributed by atoms with E-state index in [0.29, 0.717) is 104 Å². The fraction of sp³-hybridized carbons (Fsp3) is 0.846. The van der Waals surface area contributed by atoms with E-state index in [1.54, 1.807) is 42.2 Å². The highest BCUT2D eigenvalue weighted by Crippen LogP contribution is 2.23. The molecular weight excluding hydrogens is 979 g/mol. The first-order valence-corrected chi connectivity index (χ1v) is 25.3. The van der Waals surface area contributed by atoms with Crippen molar-refractivity contribution in [2.45, 2.75) is 138 Å². The lowest BCUT2D eigenvalue weighted by atomic mass is 9.92. The zero-order valence-corrected chi connectivity index (χ0v) is 44.5. The maximum absolute atomic E-state index is 11.5. The molecule has 0 aliphatic carbocycles. The maximum Gasteiger partial charge on any atom is 0.222 e. The molecule has 0 atom stereocenters. The van der Waals surface area contributed by atoms with Gasteiger partial charge in [-0.05, 0) is 51.4 Å². The Balaban J connectivity index is -0.000000428. The van der Waals surface area contributed by atoms with Crippen LogP contribution < -0.4 is 38.1 Å². The summed E-state index contributed by atoms with van der Waals surface area (Å²) in [5.41, 5.74) is 9.05. The van der Waals surface area contributed by atoms with Gasteiger partial charge in [0.2, 0.25) is 41.4 Å². The van der Waals surface area contributed by atoms with E-state index >= 15 is 0 Å². The van der Waals surface area contributed by atoms with Crippen LogP contribution in [0.1, 0.15) is 138 Å². The summed E-state index contributed by atoms with van der Waals surface area (Å²) < 4.78 is 46.9. The predicted molar refractivity (Wildman–Crippen MR) is 290 cm³/mol. The predicted octanol–water partition coefficient (Wildman–Crippen LogP) is 2.91. The second kappa shape index (κ2) is 54.4. The highest BCUT2D eigenvalue weighted by Gasteiger charge is 2.34. The molecular formula is C52H105N7O16. The van der Waals surface area contributed by atoms with Crippen LogP contribution in [-0.4, -0.2) is 188 Å². The van der Waals surface area contributed by atoms with Crippen LogP contribution in [0.4, 0.5) is 0 Å². The first-order chi connectivity index (χ1) is 34.6. The van der Waals surface area contributed by atoms with Gasteiger partial charge in [0.1, 0.15) is 5.78 Å². The van der Waals surface area contributed by atoms with Crippen molar-refractivity contribution in [3.63, 3.8) is 0 Å². The zero-order valence-electron chi connectivity index (χ0n) is 44.5. The average Bonchev–Trinajstić information content (AvgIpc) is 3.37. The number of primary amides is 2. The highest BCUT2D eigenvalue weighted by atomic mass is 16.5. The number of Topliss-reactive ketones (excluding diaryl/α,β-unsaturated/α-hetero) is 1.